The molecule has 0 amide bonds. The Morgan fingerprint density at radius 3 is 2.41 bits per heavy atom. The van der Waals surface area contributed by atoms with E-state index in [1.54, 1.807) is 13.8 Å². The molecule has 1 aliphatic rings. The average Bonchev–Trinajstić information content (AvgIpc) is 2.40. The summed E-state index contributed by atoms with van der Waals surface area (Å²) >= 11 is 0. The van der Waals surface area contributed by atoms with Gasteiger partial charge >= 0.3 is 0 Å². The predicted molar refractivity (Wildman–Crippen MR) is 66.9 cm³/mol. The third kappa shape index (κ3) is 3.64. The first-order chi connectivity index (χ1) is 7.64. The smallest absolute Gasteiger partial charge is 0.216 e. The van der Waals surface area contributed by atoms with Gasteiger partial charge in [0.05, 0.1) is 16.8 Å². The normalized spacial score (nSPS) is 30.3. The molecular weight excluding hydrogens is 264 g/mol. The fourth-order valence-corrected chi connectivity index (χ4v) is 5.93. The molecule has 1 saturated heterocycles. The summed E-state index contributed by atoms with van der Waals surface area (Å²) in [6.07, 6.45) is 0.726. The second kappa shape index (κ2) is 4.83. The lowest BCUT2D eigenvalue weighted by atomic mass is 10.0. The van der Waals surface area contributed by atoms with E-state index in [-0.39, 0.29) is 18.1 Å². The molecule has 2 unspecified atom stereocenters. The summed E-state index contributed by atoms with van der Waals surface area (Å²) < 4.78 is 49.2. The fourth-order valence-electron chi connectivity index (χ4n) is 2.03. The molecule has 0 spiro atoms. The molecule has 0 aromatic carbocycles. The van der Waals surface area contributed by atoms with E-state index < -0.39 is 30.6 Å². The van der Waals surface area contributed by atoms with Crippen LogP contribution in [0.4, 0.5) is 0 Å². The first-order valence-corrected chi connectivity index (χ1v) is 8.94. The summed E-state index contributed by atoms with van der Waals surface area (Å²) in [6.45, 7) is 3.40. The maximum atomic E-state index is 12.0. The van der Waals surface area contributed by atoms with Gasteiger partial charge in [0.25, 0.3) is 0 Å². The molecule has 0 radical (unpaired) electrons. The standard InChI is InChI=1S/C9H20N2O4S2/c1-3-8(6-10)17(14,15)11-9(2)4-5-16(12,13)7-9/h8,11H,3-7,10H2,1-2H3. The molecule has 3 N–H and O–H groups in total. The highest BCUT2D eigenvalue weighted by Crippen LogP contribution is 2.24. The van der Waals surface area contributed by atoms with Crippen LogP contribution in [0, 0.1) is 0 Å². The number of rotatable bonds is 5. The maximum absolute atomic E-state index is 12.0. The van der Waals surface area contributed by atoms with Gasteiger partial charge in [0, 0.05) is 12.1 Å². The summed E-state index contributed by atoms with van der Waals surface area (Å²) in [5, 5.41) is -0.664. The van der Waals surface area contributed by atoms with Crippen molar-refractivity contribution in [2.24, 2.45) is 5.73 Å². The van der Waals surface area contributed by atoms with Crippen LogP contribution in [0.25, 0.3) is 0 Å². The third-order valence-electron chi connectivity index (χ3n) is 3.05. The van der Waals surface area contributed by atoms with E-state index >= 15 is 0 Å². The van der Waals surface area contributed by atoms with Crippen molar-refractivity contribution in [3.8, 4) is 0 Å². The Kier molecular flexibility index (Phi) is 4.23. The molecule has 1 fully saturated rings. The molecule has 1 rings (SSSR count). The summed E-state index contributed by atoms with van der Waals surface area (Å²) in [4.78, 5) is 0. The second-order valence-electron chi connectivity index (χ2n) is 4.82. The number of hydrogen-bond acceptors (Lipinski definition) is 5. The van der Waals surface area contributed by atoms with Crippen LogP contribution >= 0.6 is 0 Å². The van der Waals surface area contributed by atoms with E-state index in [0.29, 0.717) is 12.8 Å². The van der Waals surface area contributed by atoms with Crippen LogP contribution in [-0.4, -0.2) is 45.7 Å². The Labute approximate surface area is 103 Å². The Hall–Kier alpha value is -0.180. The highest BCUT2D eigenvalue weighted by atomic mass is 32.2. The van der Waals surface area contributed by atoms with Crippen molar-refractivity contribution in [1.82, 2.24) is 4.72 Å². The van der Waals surface area contributed by atoms with Gasteiger partial charge in [-0.15, -0.1) is 0 Å². The zero-order valence-corrected chi connectivity index (χ0v) is 11.8. The molecule has 6 nitrogen and oxygen atoms in total. The van der Waals surface area contributed by atoms with Gasteiger partial charge in [0.15, 0.2) is 9.84 Å². The second-order valence-corrected chi connectivity index (χ2v) is 8.96. The minimum Gasteiger partial charge on any atom is -0.329 e. The molecule has 2 atom stereocenters. The highest BCUT2D eigenvalue weighted by molar-refractivity contribution is 7.92. The molecule has 0 saturated carbocycles. The van der Waals surface area contributed by atoms with E-state index in [1.807, 2.05) is 0 Å². The van der Waals surface area contributed by atoms with Crippen molar-refractivity contribution in [3.63, 3.8) is 0 Å². The van der Waals surface area contributed by atoms with Crippen molar-refractivity contribution in [2.45, 2.75) is 37.5 Å². The number of sulfone groups is 1. The van der Waals surface area contributed by atoms with Crippen LogP contribution in [0.3, 0.4) is 0 Å². The number of hydrogen-bond donors (Lipinski definition) is 2. The quantitative estimate of drug-likeness (QED) is 0.689. The highest BCUT2D eigenvalue weighted by Gasteiger charge is 2.42. The van der Waals surface area contributed by atoms with Crippen LogP contribution in [0.15, 0.2) is 0 Å². The van der Waals surface area contributed by atoms with E-state index in [0.717, 1.165) is 0 Å². The molecule has 17 heavy (non-hydrogen) atoms. The minimum absolute atomic E-state index is 0.0332. The van der Waals surface area contributed by atoms with Crippen LogP contribution in [-0.2, 0) is 19.9 Å². The van der Waals surface area contributed by atoms with Crippen molar-refractivity contribution in [3.05, 3.63) is 0 Å². The summed E-state index contributed by atoms with van der Waals surface area (Å²) in [5.74, 6) is -0.105. The average molecular weight is 284 g/mol. The SMILES string of the molecule is CCC(CN)S(=O)(=O)NC1(C)CCS(=O)(=O)C1. The molecule has 0 aromatic rings. The molecular formula is C9H20N2O4S2. The van der Waals surface area contributed by atoms with E-state index in [2.05, 4.69) is 4.72 Å². The predicted octanol–water partition coefficient (Wildman–Crippen LogP) is -0.780. The Bertz CT molecular complexity index is 467. The Balaban J connectivity index is 2.85. The van der Waals surface area contributed by atoms with Crippen molar-refractivity contribution in [1.29, 1.82) is 0 Å². The van der Waals surface area contributed by atoms with Gasteiger partial charge in [-0.25, -0.2) is 21.6 Å². The zero-order chi connectivity index (χ0) is 13.3. The van der Waals surface area contributed by atoms with Gasteiger partial charge < -0.3 is 5.73 Å². The molecule has 1 heterocycles. The topological polar surface area (TPSA) is 106 Å². The Morgan fingerprint density at radius 2 is 2.06 bits per heavy atom. The lowest BCUT2D eigenvalue weighted by molar-refractivity contribution is 0.455. The number of nitrogens with one attached hydrogen (secondary N) is 1. The summed E-state index contributed by atoms with van der Waals surface area (Å²) in [5.41, 5.74) is 4.51. The fraction of sp³-hybridized carbons (Fsp3) is 1.00. The van der Waals surface area contributed by atoms with E-state index in [4.69, 9.17) is 5.73 Å². The minimum atomic E-state index is -3.55. The lowest BCUT2D eigenvalue weighted by Crippen LogP contribution is -2.51. The number of nitrogens with two attached hydrogens (primary N) is 1. The molecule has 0 aromatic heterocycles. The third-order valence-corrected chi connectivity index (χ3v) is 7.13. The Morgan fingerprint density at radius 1 is 1.47 bits per heavy atom. The molecule has 8 heteroatoms. The lowest BCUT2D eigenvalue weighted by Gasteiger charge is -2.26. The summed E-state index contributed by atoms with van der Waals surface area (Å²) in [6, 6.07) is 0. The van der Waals surface area contributed by atoms with Crippen molar-refractivity contribution >= 4 is 19.9 Å². The first-order valence-electron chi connectivity index (χ1n) is 5.57. The van der Waals surface area contributed by atoms with Gasteiger partial charge in [0.1, 0.15) is 0 Å². The van der Waals surface area contributed by atoms with Crippen molar-refractivity contribution < 1.29 is 16.8 Å². The maximum Gasteiger partial charge on any atom is 0.216 e. The molecule has 1 aliphatic heterocycles. The van der Waals surface area contributed by atoms with Crippen LogP contribution in [0.1, 0.15) is 26.7 Å². The van der Waals surface area contributed by atoms with Crippen molar-refractivity contribution in [2.75, 3.05) is 18.1 Å². The number of sulfonamides is 1. The largest absolute Gasteiger partial charge is 0.329 e. The molecule has 0 bridgehead atoms. The van der Waals surface area contributed by atoms with Crippen LogP contribution in [0.5, 0.6) is 0 Å². The molecule has 102 valence electrons. The van der Waals surface area contributed by atoms with Gasteiger partial charge in [-0.1, -0.05) is 6.92 Å². The van der Waals surface area contributed by atoms with Gasteiger partial charge in [-0.05, 0) is 19.8 Å². The monoisotopic (exact) mass is 284 g/mol. The first kappa shape index (κ1) is 14.9. The van der Waals surface area contributed by atoms with E-state index in [1.165, 1.54) is 0 Å². The molecule has 0 aliphatic carbocycles. The van der Waals surface area contributed by atoms with Crippen LogP contribution in [0.2, 0.25) is 0 Å². The zero-order valence-electron chi connectivity index (χ0n) is 10.1. The van der Waals surface area contributed by atoms with Gasteiger partial charge in [-0.3, -0.25) is 0 Å². The van der Waals surface area contributed by atoms with Gasteiger partial charge in [0.2, 0.25) is 10.0 Å². The van der Waals surface area contributed by atoms with Gasteiger partial charge in [-0.2, -0.15) is 0 Å². The van der Waals surface area contributed by atoms with E-state index in [9.17, 15) is 16.8 Å². The van der Waals surface area contributed by atoms with Crippen LogP contribution < -0.4 is 10.5 Å². The summed E-state index contributed by atoms with van der Waals surface area (Å²) in [7, 11) is -6.68.